The summed E-state index contributed by atoms with van der Waals surface area (Å²) in [5, 5.41) is 0.713. The second-order valence-electron chi connectivity index (χ2n) is 7.07. The molecule has 1 N–H and O–H groups in total. The predicted molar refractivity (Wildman–Crippen MR) is 102 cm³/mol. The predicted octanol–water partition coefficient (Wildman–Crippen LogP) is 3.32. The monoisotopic (exact) mass is 370 g/mol. The number of aromatic nitrogens is 1. The van der Waals surface area contributed by atoms with Gasteiger partial charge in [-0.05, 0) is 31.7 Å². The van der Waals surface area contributed by atoms with Gasteiger partial charge in [0.1, 0.15) is 6.54 Å². The van der Waals surface area contributed by atoms with Crippen molar-refractivity contribution >= 4 is 28.6 Å². The molecule has 0 spiro atoms. The lowest BCUT2D eigenvalue weighted by molar-refractivity contribution is -0.148. The minimum atomic E-state index is -0.640. The summed E-state index contributed by atoms with van der Waals surface area (Å²) in [5.41, 5.74) is 1.14. The topological polar surface area (TPSA) is 79.5 Å². The van der Waals surface area contributed by atoms with Crippen LogP contribution in [0.15, 0.2) is 30.5 Å². The Morgan fingerprint density at radius 1 is 1.15 bits per heavy atom. The molecule has 0 radical (unpaired) electrons. The van der Waals surface area contributed by atoms with Crippen molar-refractivity contribution in [1.82, 2.24) is 9.88 Å². The van der Waals surface area contributed by atoms with E-state index in [1.165, 1.54) is 11.3 Å². The fraction of sp³-hybridized carbons (Fsp3) is 0.476. The van der Waals surface area contributed by atoms with Crippen LogP contribution in [0.1, 0.15) is 49.4 Å². The molecule has 0 aliphatic heterocycles. The van der Waals surface area contributed by atoms with E-state index in [4.69, 9.17) is 4.74 Å². The molecule has 1 aromatic carbocycles. The Labute approximate surface area is 158 Å². The van der Waals surface area contributed by atoms with Crippen molar-refractivity contribution in [2.45, 2.75) is 39.0 Å². The second kappa shape index (κ2) is 8.84. The lowest BCUT2D eigenvalue weighted by atomic mass is 9.89. The molecule has 0 unspecified atom stereocenters. The van der Waals surface area contributed by atoms with Gasteiger partial charge in [0.2, 0.25) is 0 Å². The van der Waals surface area contributed by atoms with Crippen LogP contribution >= 0.6 is 0 Å². The third-order valence-electron chi connectivity index (χ3n) is 5.14. The molecule has 1 amide bonds. The van der Waals surface area contributed by atoms with Crippen LogP contribution in [0.5, 0.6) is 0 Å². The molecule has 1 fully saturated rings. The lowest BCUT2D eigenvalue weighted by Gasteiger charge is -2.28. The number of hydrogen-bond acceptors (Lipinski definition) is 4. The van der Waals surface area contributed by atoms with Crippen LogP contribution in [0, 0.1) is 5.92 Å². The molecule has 1 heterocycles. The fourth-order valence-electron chi connectivity index (χ4n) is 3.78. The zero-order valence-electron chi connectivity index (χ0n) is 15.7. The molecule has 1 aliphatic rings. The first-order chi connectivity index (χ1) is 13.1. The van der Waals surface area contributed by atoms with Crippen LogP contribution in [-0.4, -0.2) is 47.2 Å². The SMILES string of the molecule is CCOC(=O)CN(CC1CCCCC1)C(=O)C(=O)c1c[nH]c2ccccc12. The fourth-order valence-corrected chi connectivity index (χ4v) is 3.78. The summed E-state index contributed by atoms with van der Waals surface area (Å²) in [7, 11) is 0. The van der Waals surface area contributed by atoms with Gasteiger partial charge in [0.25, 0.3) is 11.7 Å². The number of esters is 1. The highest BCUT2D eigenvalue weighted by molar-refractivity contribution is 6.45. The molecule has 1 aliphatic carbocycles. The highest BCUT2D eigenvalue weighted by atomic mass is 16.5. The molecule has 0 bridgehead atoms. The van der Waals surface area contributed by atoms with Crippen LogP contribution < -0.4 is 0 Å². The Balaban J connectivity index is 1.79. The summed E-state index contributed by atoms with van der Waals surface area (Å²) >= 11 is 0. The zero-order valence-corrected chi connectivity index (χ0v) is 15.7. The van der Waals surface area contributed by atoms with Crippen molar-refractivity contribution in [3.63, 3.8) is 0 Å². The van der Waals surface area contributed by atoms with E-state index in [0.29, 0.717) is 23.4 Å². The molecule has 1 aromatic heterocycles. The van der Waals surface area contributed by atoms with Crippen molar-refractivity contribution < 1.29 is 19.1 Å². The van der Waals surface area contributed by atoms with Gasteiger partial charge in [-0.15, -0.1) is 0 Å². The van der Waals surface area contributed by atoms with Gasteiger partial charge in [0.15, 0.2) is 0 Å². The zero-order chi connectivity index (χ0) is 19.2. The summed E-state index contributed by atoms with van der Waals surface area (Å²) in [6, 6.07) is 7.36. The third kappa shape index (κ3) is 4.56. The number of hydrogen-bond donors (Lipinski definition) is 1. The highest BCUT2D eigenvalue weighted by Crippen LogP contribution is 2.25. The molecule has 6 heteroatoms. The van der Waals surface area contributed by atoms with Crippen molar-refractivity contribution in [2.75, 3.05) is 19.7 Å². The van der Waals surface area contributed by atoms with Gasteiger partial charge in [-0.1, -0.05) is 37.5 Å². The Bertz CT molecular complexity index is 820. The van der Waals surface area contributed by atoms with Gasteiger partial charge >= 0.3 is 5.97 Å². The largest absolute Gasteiger partial charge is 0.465 e. The number of carbonyl (C=O) groups excluding carboxylic acids is 3. The van der Waals surface area contributed by atoms with Gasteiger partial charge in [0.05, 0.1) is 12.2 Å². The van der Waals surface area contributed by atoms with Crippen LogP contribution in [0.25, 0.3) is 10.9 Å². The van der Waals surface area contributed by atoms with E-state index in [1.54, 1.807) is 13.1 Å². The quantitative estimate of drug-likeness (QED) is 0.461. The number of fused-ring (bicyclic) bond motifs is 1. The molecule has 27 heavy (non-hydrogen) atoms. The van der Waals surface area contributed by atoms with Crippen molar-refractivity contribution in [3.05, 3.63) is 36.0 Å². The molecule has 1 saturated carbocycles. The van der Waals surface area contributed by atoms with Crippen molar-refractivity contribution in [3.8, 4) is 0 Å². The summed E-state index contributed by atoms with van der Waals surface area (Å²) in [5.74, 6) is -1.38. The molecule has 144 valence electrons. The lowest BCUT2D eigenvalue weighted by Crippen LogP contribution is -2.43. The first kappa shape index (κ1) is 19.1. The van der Waals surface area contributed by atoms with E-state index in [-0.39, 0.29) is 13.2 Å². The molecule has 2 aromatic rings. The first-order valence-corrected chi connectivity index (χ1v) is 9.65. The maximum atomic E-state index is 13.0. The van der Waals surface area contributed by atoms with E-state index in [2.05, 4.69) is 4.98 Å². The summed E-state index contributed by atoms with van der Waals surface area (Å²) < 4.78 is 5.00. The van der Waals surface area contributed by atoms with E-state index >= 15 is 0 Å². The number of ketones is 1. The number of aromatic amines is 1. The number of amides is 1. The number of nitrogens with zero attached hydrogens (tertiary/aromatic N) is 1. The van der Waals surface area contributed by atoms with E-state index < -0.39 is 17.7 Å². The number of carbonyl (C=O) groups is 3. The number of para-hydroxylation sites is 1. The van der Waals surface area contributed by atoms with E-state index in [9.17, 15) is 14.4 Å². The first-order valence-electron chi connectivity index (χ1n) is 9.65. The van der Waals surface area contributed by atoms with Crippen molar-refractivity contribution in [2.24, 2.45) is 5.92 Å². The smallest absolute Gasteiger partial charge is 0.325 e. The number of benzene rings is 1. The van der Waals surface area contributed by atoms with Gasteiger partial charge in [-0.25, -0.2) is 0 Å². The maximum Gasteiger partial charge on any atom is 0.325 e. The van der Waals surface area contributed by atoms with Crippen LogP contribution in [0.2, 0.25) is 0 Å². The summed E-state index contributed by atoms with van der Waals surface area (Å²) in [6.45, 7) is 2.21. The standard InChI is InChI=1S/C21H26N2O4/c1-2-27-19(24)14-23(13-15-8-4-3-5-9-15)21(26)20(25)17-12-22-18-11-7-6-10-16(17)18/h6-7,10-12,15,22H,2-5,8-9,13-14H2,1H3. The van der Waals surface area contributed by atoms with Gasteiger partial charge in [-0.2, -0.15) is 0 Å². The average Bonchev–Trinajstić information content (AvgIpc) is 3.11. The molecular formula is C21H26N2O4. The Hall–Kier alpha value is -2.63. The maximum absolute atomic E-state index is 13.0. The molecule has 6 nitrogen and oxygen atoms in total. The molecular weight excluding hydrogens is 344 g/mol. The van der Waals surface area contributed by atoms with E-state index in [0.717, 1.165) is 31.2 Å². The number of H-pyrrole nitrogens is 1. The molecule has 0 atom stereocenters. The molecule has 3 rings (SSSR count). The number of Topliss-reactive ketones (excluding diaryl/α,β-unsaturated/α-hetero) is 1. The number of nitrogens with one attached hydrogen (secondary N) is 1. The van der Waals surface area contributed by atoms with E-state index in [1.807, 2.05) is 24.3 Å². The normalized spacial score (nSPS) is 14.9. The third-order valence-corrected chi connectivity index (χ3v) is 5.14. The Kier molecular flexibility index (Phi) is 6.27. The Morgan fingerprint density at radius 3 is 2.63 bits per heavy atom. The minimum Gasteiger partial charge on any atom is -0.465 e. The summed E-state index contributed by atoms with van der Waals surface area (Å²) in [6.07, 6.45) is 7.07. The minimum absolute atomic E-state index is 0.183. The van der Waals surface area contributed by atoms with Crippen LogP contribution in [-0.2, 0) is 14.3 Å². The highest BCUT2D eigenvalue weighted by Gasteiger charge is 2.29. The number of ether oxygens (including phenoxy) is 1. The average molecular weight is 370 g/mol. The Morgan fingerprint density at radius 2 is 1.89 bits per heavy atom. The summed E-state index contributed by atoms with van der Waals surface area (Å²) in [4.78, 5) is 42.2. The molecule has 0 saturated heterocycles. The van der Waals surface area contributed by atoms with Crippen LogP contribution in [0.4, 0.5) is 0 Å². The van der Waals surface area contributed by atoms with Gasteiger partial charge in [-0.3, -0.25) is 14.4 Å². The van der Waals surface area contributed by atoms with Gasteiger partial charge < -0.3 is 14.6 Å². The van der Waals surface area contributed by atoms with Gasteiger partial charge in [0, 0.05) is 23.6 Å². The second-order valence-corrected chi connectivity index (χ2v) is 7.07. The van der Waals surface area contributed by atoms with Crippen molar-refractivity contribution in [1.29, 1.82) is 0 Å². The number of rotatable bonds is 7. The van der Waals surface area contributed by atoms with Crippen LogP contribution in [0.3, 0.4) is 0 Å².